The second-order valence-corrected chi connectivity index (χ2v) is 15.1. The lowest BCUT2D eigenvalue weighted by atomic mass is 9.96. The summed E-state index contributed by atoms with van der Waals surface area (Å²) in [5.74, 6) is -2.44. The van der Waals surface area contributed by atoms with Crippen molar-refractivity contribution < 1.29 is 38.2 Å². The molecule has 15 heteroatoms. The topological polar surface area (TPSA) is 180 Å². The number of nitrogens with one attached hydrogen (secondary N) is 2. The Morgan fingerprint density at radius 1 is 0.966 bits per heavy atom. The van der Waals surface area contributed by atoms with Crippen LogP contribution in [0.4, 0.5) is 4.79 Å². The van der Waals surface area contributed by atoms with Gasteiger partial charge in [0.1, 0.15) is 11.6 Å². The van der Waals surface area contributed by atoms with Gasteiger partial charge in [0.25, 0.3) is 11.5 Å². The minimum atomic E-state index is -0.965. The minimum Gasteiger partial charge on any atom is -0.467 e. The molecule has 0 radical (unpaired) electrons. The highest BCUT2D eigenvalue weighted by Gasteiger charge is 2.34. The number of hydrogen-bond donors (Lipinski definition) is 2. The molecule has 1 aliphatic heterocycles. The number of carbonyl (C=O) groups is 5. The Morgan fingerprint density at radius 3 is 2.45 bits per heavy atom. The predicted molar refractivity (Wildman–Crippen MR) is 216 cm³/mol. The normalized spacial score (nSPS) is 14.1. The number of alkyl carbamates (subject to hydrolysis) is 1. The molecule has 1 aliphatic carbocycles. The molecule has 1 atom stereocenters. The maximum absolute atomic E-state index is 14.6. The van der Waals surface area contributed by atoms with Gasteiger partial charge in [-0.2, -0.15) is 4.68 Å². The van der Waals surface area contributed by atoms with E-state index in [4.69, 9.17) is 14.2 Å². The number of ether oxygens (including phenoxy) is 3. The van der Waals surface area contributed by atoms with E-state index < -0.39 is 53.7 Å². The first-order valence-corrected chi connectivity index (χ1v) is 19.3. The summed E-state index contributed by atoms with van der Waals surface area (Å²) in [6, 6.07) is 17.4. The summed E-state index contributed by atoms with van der Waals surface area (Å²) in [6.45, 7) is 7.08. The zero-order chi connectivity index (χ0) is 41.6. The van der Waals surface area contributed by atoms with Gasteiger partial charge in [0.2, 0.25) is 5.91 Å². The maximum Gasteiger partial charge on any atom is 0.407 e. The zero-order valence-electron chi connectivity index (χ0n) is 33.3. The third-order valence-corrected chi connectivity index (χ3v) is 9.64. The molecule has 3 amide bonds. The highest BCUT2D eigenvalue weighted by Crippen LogP contribution is 2.37. The molecule has 1 unspecified atom stereocenters. The summed E-state index contributed by atoms with van der Waals surface area (Å²) in [5.41, 5.74) is 3.81. The van der Waals surface area contributed by atoms with Crippen LogP contribution in [0.1, 0.15) is 87.6 Å². The number of allylic oxidation sites excluding steroid dienone is 1. The standard InChI is InChI=1S/C43H48N6O9/c1-27-24-29-16-13-18-31-38(29)48(27)34(28-14-7-6-8-15-28)25-47(39(31)52)49-35(45-32-19-10-9-17-30(32)40(49)53)26-57-37(51)22-21-36(50)46-33(41(54)56-5)20-11-12-23-44-42(55)58-43(2,3)4/h6-10,14-15,17-19,24-25,33H,11-13,16,20-23,26H2,1-5H3,(H,44,55)(H,46,50). The van der Waals surface area contributed by atoms with Crippen LogP contribution < -0.4 is 21.2 Å². The van der Waals surface area contributed by atoms with Crippen LogP contribution in [0.3, 0.4) is 0 Å². The van der Waals surface area contributed by atoms with Crippen LogP contribution in [0.5, 0.6) is 0 Å². The summed E-state index contributed by atoms with van der Waals surface area (Å²) >= 11 is 0. The third-order valence-electron chi connectivity index (χ3n) is 9.64. The van der Waals surface area contributed by atoms with E-state index >= 15 is 0 Å². The van der Waals surface area contributed by atoms with Gasteiger partial charge in [-0.1, -0.05) is 48.5 Å². The zero-order valence-corrected chi connectivity index (χ0v) is 33.3. The third kappa shape index (κ3) is 9.36. The number of unbranched alkanes of at least 4 members (excludes halogenated alkanes) is 1. The number of aromatic nitrogens is 3. The van der Waals surface area contributed by atoms with E-state index in [1.807, 2.05) is 47.9 Å². The van der Waals surface area contributed by atoms with E-state index in [1.54, 1.807) is 51.2 Å². The highest BCUT2D eigenvalue weighted by atomic mass is 16.6. The van der Waals surface area contributed by atoms with Crippen LogP contribution in [0, 0.1) is 6.92 Å². The minimum absolute atomic E-state index is 0.00892. The van der Waals surface area contributed by atoms with Crippen molar-refractivity contribution in [1.29, 1.82) is 0 Å². The molecular weight excluding hydrogens is 745 g/mol. The fraction of sp³-hybridized carbons (Fsp3) is 0.372. The molecule has 15 nitrogen and oxygen atoms in total. The van der Waals surface area contributed by atoms with Crippen molar-refractivity contribution in [1.82, 2.24) is 24.9 Å². The van der Waals surface area contributed by atoms with Crippen LogP contribution in [0.15, 0.2) is 77.7 Å². The number of methoxy groups -OCH3 is 1. The van der Waals surface area contributed by atoms with Crippen LogP contribution in [-0.4, -0.2) is 69.4 Å². The number of benzene rings is 2. The van der Waals surface area contributed by atoms with Crippen LogP contribution in [0.2, 0.25) is 0 Å². The number of rotatable bonds is 14. The largest absolute Gasteiger partial charge is 0.467 e. The van der Waals surface area contributed by atoms with Crippen molar-refractivity contribution in [2.24, 2.45) is 0 Å². The van der Waals surface area contributed by atoms with Gasteiger partial charge >= 0.3 is 18.0 Å². The second kappa shape index (κ2) is 17.7. The van der Waals surface area contributed by atoms with E-state index in [9.17, 15) is 28.8 Å². The van der Waals surface area contributed by atoms with Crippen LogP contribution in [-0.2, 0) is 46.4 Å². The average Bonchev–Trinajstić information content (AvgIpc) is 3.47. The summed E-state index contributed by atoms with van der Waals surface area (Å²) in [5, 5.41) is 6.77. The molecule has 2 aliphatic rings. The number of nitrogens with zero attached hydrogens (tertiary/aromatic N) is 4. The number of amides is 3. The summed E-state index contributed by atoms with van der Waals surface area (Å²) < 4.78 is 18.9. The smallest absolute Gasteiger partial charge is 0.407 e. The van der Waals surface area contributed by atoms with E-state index in [2.05, 4.69) is 21.7 Å². The SMILES string of the molecule is COC(=O)C(CCCCNC(=O)OC(C)(C)C)NC(=O)CCC(=O)OCc1nc2ccccc2c(=O)n1N1C=C(c2ccccc2)n2c(C)cc3c2C(=CCC3)C1=O. The average molecular weight is 793 g/mol. The number of carbonyl (C=O) groups excluding carboxylic acids is 5. The Balaban J connectivity index is 1.18. The van der Waals surface area contributed by atoms with Crippen molar-refractivity contribution in [2.75, 3.05) is 18.7 Å². The first-order chi connectivity index (χ1) is 27.8. The molecule has 58 heavy (non-hydrogen) atoms. The molecular formula is C43H48N6O9. The molecule has 0 spiro atoms. The lowest BCUT2D eigenvalue weighted by molar-refractivity contribution is -0.147. The predicted octanol–water partition coefficient (Wildman–Crippen LogP) is 5.04. The van der Waals surface area contributed by atoms with Crippen molar-refractivity contribution in [3.8, 4) is 0 Å². The number of para-hydroxylation sites is 1. The lowest BCUT2D eigenvalue weighted by Gasteiger charge is -2.24. The molecule has 0 saturated heterocycles. The first kappa shape index (κ1) is 41.1. The number of hydrogen-bond acceptors (Lipinski definition) is 10. The van der Waals surface area contributed by atoms with Gasteiger partial charge in [0.05, 0.1) is 47.6 Å². The Bertz CT molecular complexity index is 2350. The molecule has 0 saturated carbocycles. The molecule has 2 aromatic heterocycles. The first-order valence-electron chi connectivity index (χ1n) is 19.3. The van der Waals surface area contributed by atoms with Crippen LogP contribution in [0.25, 0.3) is 22.2 Å². The van der Waals surface area contributed by atoms with Gasteiger partial charge in [0.15, 0.2) is 12.4 Å². The molecule has 0 fully saturated rings. The molecule has 2 aromatic carbocycles. The molecule has 4 aromatic rings. The van der Waals surface area contributed by atoms with E-state index in [0.717, 1.165) is 33.6 Å². The number of aryl methyl sites for hydroxylation is 2. The van der Waals surface area contributed by atoms with Gasteiger partial charge in [0, 0.05) is 24.2 Å². The van der Waals surface area contributed by atoms with E-state index in [0.29, 0.717) is 42.6 Å². The quantitative estimate of drug-likeness (QED) is 0.0999. The molecule has 2 N–H and O–H groups in total. The monoisotopic (exact) mass is 792 g/mol. The van der Waals surface area contributed by atoms with Gasteiger partial charge in [-0.15, -0.1) is 0 Å². The maximum atomic E-state index is 14.6. The van der Waals surface area contributed by atoms with E-state index in [1.165, 1.54) is 12.1 Å². The molecule has 3 heterocycles. The number of fused-ring (bicyclic) bond motifs is 1. The molecule has 0 bridgehead atoms. The Labute approximate surface area is 335 Å². The summed E-state index contributed by atoms with van der Waals surface area (Å²) in [7, 11) is 1.21. The van der Waals surface area contributed by atoms with Gasteiger partial charge < -0.3 is 29.4 Å². The Morgan fingerprint density at radius 2 is 1.71 bits per heavy atom. The molecule has 6 rings (SSSR count). The summed E-state index contributed by atoms with van der Waals surface area (Å²) in [6.07, 6.45) is 4.94. The van der Waals surface area contributed by atoms with Gasteiger partial charge in [-0.25, -0.2) is 19.6 Å². The van der Waals surface area contributed by atoms with Crippen LogP contribution >= 0.6 is 0 Å². The number of esters is 2. The fourth-order valence-corrected chi connectivity index (χ4v) is 7.03. The van der Waals surface area contributed by atoms with Crippen molar-refractivity contribution in [3.05, 3.63) is 112 Å². The second-order valence-electron chi connectivity index (χ2n) is 15.1. The van der Waals surface area contributed by atoms with Crippen molar-refractivity contribution >= 4 is 52.0 Å². The fourth-order valence-electron chi connectivity index (χ4n) is 7.03. The lowest BCUT2D eigenvalue weighted by Crippen LogP contribution is -2.45. The van der Waals surface area contributed by atoms with Gasteiger partial charge in [-0.3, -0.25) is 19.2 Å². The van der Waals surface area contributed by atoms with Crippen molar-refractivity contribution in [3.63, 3.8) is 0 Å². The summed E-state index contributed by atoms with van der Waals surface area (Å²) in [4.78, 5) is 84.0. The van der Waals surface area contributed by atoms with Crippen molar-refractivity contribution in [2.45, 2.75) is 90.9 Å². The van der Waals surface area contributed by atoms with E-state index in [-0.39, 0.29) is 30.5 Å². The molecule has 304 valence electrons. The Hall–Kier alpha value is -6.51. The Kier molecular flexibility index (Phi) is 12.6. The highest BCUT2D eigenvalue weighted by molar-refractivity contribution is 6.26. The van der Waals surface area contributed by atoms with Gasteiger partial charge in [-0.05, 0) is 83.6 Å².